The summed E-state index contributed by atoms with van der Waals surface area (Å²) in [6.07, 6.45) is 7.92. The first-order valence-corrected chi connectivity index (χ1v) is 33.2. The summed E-state index contributed by atoms with van der Waals surface area (Å²) in [7, 11) is 0. The van der Waals surface area contributed by atoms with Crippen molar-refractivity contribution in [3.05, 3.63) is 106 Å². The van der Waals surface area contributed by atoms with E-state index in [1.807, 2.05) is 6.54 Å². The molecule has 0 saturated heterocycles. The molecule has 0 saturated carbocycles. The van der Waals surface area contributed by atoms with E-state index in [0.29, 0.717) is 0 Å². The number of unbranched alkanes of at least 4 members (excludes halogenated alkanes) is 2. The fraction of sp³-hybridized carbons (Fsp3) is 0.333. The van der Waals surface area contributed by atoms with E-state index >= 15 is 0 Å². The van der Waals surface area contributed by atoms with Crippen molar-refractivity contribution >= 4 is 21.8 Å². The van der Waals surface area contributed by atoms with Crippen molar-refractivity contribution in [1.29, 1.82) is 0 Å². The minimum absolute atomic E-state index is 0. The summed E-state index contributed by atoms with van der Waals surface area (Å²) in [6, 6.07) is 28.4. The molecule has 0 amide bonds. The molecule has 0 nitrogen and oxygen atoms in total. The molecule has 0 aromatic heterocycles. The van der Waals surface area contributed by atoms with Crippen molar-refractivity contribution in [3.8, 4) is 22.3 Å². The van der Waals surface area contributed by atoms with Crippen molar-refractivity contribution in [2.45, 2.75) is 75.1 Å². The molecule has 2 aliphatic rings. The van der Waals surface area contributed by atoms with E-state index in [0.717, 1.165) is 12.8 Å². The standard InChI is InChI=1S/2C14H11.2C4H9.2ClH.Sn.Zr.H/c2*1-10-6-7-14-12(8-10)9-11-4-2-3-5-13(11)14;2*1-3-4-2;;;;;/h2*2-7H,9H2,1H3;2*1,3-4H2,2H3;2*1H;;;/q;;;;;;;+2;/p-2. The average molecular weight is 755 g/mol. The molecule has 0 bridgehead atoms. The van der Waals surface area contributed by atoms with E-state index in [1.54, 1.807) is 53.4 Å². The van der Waals surface area contributed by atoms with E-state index in [1.165, 1.54) is 36.8 Å². The zero-order valence-corrected chi connectivity index (χ0v) is 31.7. The number of hydrogen-bond acceptors (Lipinski definition) is 0. The Labute approximate surface area is 265 Å². The monoisotopic (exact) mass is 753 g/mol. The van der Waals surface area contributed by atoms with Crippen molar-refractivity contribution in [3.63, 3.8) is 0 Å². The topological polar surface area (TPSA) is 0 Å². The quantitative estimate of drug-likeness (QED) is 0.199. The normalized spacial score (nSPS) is 12.2. The molecule has 4 aromatic carbocycles. The molecular formula is C36H41Cl2SnZr. The maximum Gasteiger partial charge on any atom is -1.00 e. The SMILES string of the molecule is CCC[CH2][SnH]([CH2]CCC)[Zr+2]([c]1c(C)ccc2c1Cc1ccccc1-2)[c]1c(C)ccc2c1Cc1ccccc1-2.[Cl-].[Cl-]. The first-order chi connectivity index (χ1) is 18.6. The van der Waals surface area contributed by atoms with Gasteiger partial charge in [0.2, 0.25) is 0 Å². The second-order valence-corrected chi connectivity index (χ2v) is 46.6. The first kappa shape index (κ1) is 32.1. The van der Waals surface area contributed by atoms with E-state index in [2.05, 4.69) is 100 Å². The summed E-state index contributed by atoms with van der Waals surface area (Å²) < 4.78 is 7.08. The van der Waals surface area contributed by atoms with Crippen LogP contribution in [-0.4, -0.2) is 15.2 Å². The van der Waals surface area contributed by atoms with Crippen LogP contribution in [0.2, 0.25) is 8.87 Å². The van der Waals surface area contributed by atoms with Gasteiger partial charge in [0, 0.05) is 0 Å². The van der Waals surface area contributed by atoms with Gasteiger partial charge < -0.3 is 24.8 Å². The Bertz CT molecular complexity index is 1380. The van der Waals surface area contributed by atoms with Gasteiger partial charge in [-0.25, -0.2) is 0 Å². The van der Waals surface area contributed by atoms with E-state index in [9.17, 15) is 0 Å². The molecule has 2 aliphatic carbocycles. The molecule has 0 aliphatic heterocycles. The predicted octanol–water partition coefficient (Wildman–Crippen LogP) is 2.35. The number of rotatable bonds is 9. The Morgan fingerprint density at radius 1 is 0.575 bits per heavy atom. The molecule has 0 N–H and O–H groups in total. The van der Waals surface area contributed by atoms with E-state index in [4.69, 9.17) is 0 Å². The molecule has 4 heteroatoms. The van der Waals surface area contributed by atoms with Crippen LogP contribution in [0, 0.1) is 13.8 Å². The predicted molar refractivity (Wildman–Crippen MR) is 165 cm³/mol. The van der Waals surface area contributed by atoms with Crippen LogP contribution in [0.25, 0.3) is 22.3 Å². The average Bonchev–Trinajstić information content (AvgIpc) is 3.50. The van der Waals surface area contributed by atoms with Crippen LogP contribution in [0.3, 0.4) is 0 Å². The maximum absolute atomic E-state index is 2.51. The molecule has 6 rings (SSSR count). The van der Waals surface area contributed by atoms with Crippen molar-refractivity contribution in [2.24, 2.45) is 0 Å². The largest absolute Gasteiger partial charge is 1.00 e. The van der Waals surface area contributed by atoms with Gasteiger partial charge in [0.05, 0.1) is 0 Å². The molecule has 0 atom stereocenters. The van der Waals surface area contributed by atoms with Crippen LogP contribution in [0.5, 0.6) is 0 Å². The molecule has 207 valence electrons. The molecule has 40 heavy (non-hydrogen) atoms. The number of fused-ring (bicyclic) bond motifs is 6. The minimum Gasteiger partial charge on any atom is -1.00 e. The van der Waals surface area contributed by atoms with Gasteiger partial charge in [0.1, 0.15) is 0 Å². The van der Waals surface area contributed by atoms with E-state index < -0.39 is 32.8 Å². The third-order valence-electron chi connectivity index (χ3n) is 9.15. The van der Waals surface area contributed by atoms with Crippen LogP contribution >= 0.6 is 0 Å². The summed E-state index contributed by atoms with van der Waals surface area (Å²) in [6.45, 7) is 9.76. The van der Waals surface area contributed by atoms with Gasteiger partial charge in [0.25, 0.3) is 0 Å². The van der Waals surface area contributed by atoms with Gasteiger partial charge in [-0.15, -0.1) is 0 Å². The molecule has 0 heterocycles. The minimum atomic E-state index is -2.18. The number of aryl methyl sites for hydroxylation is 2. The third-order valence-corrected chi connectivity index (χ3v) is 56.6. The number of halogens is 2. The van der Waals surface area contributed by atoms with Crippen LogP contribution < -0.4 is 31.4 Å². The van der Waals surface area contributed by atoms with Gasteiger partial charge >= 0.3 is 243 Å². The second kappa shape index (κ2) is 14.1. The fourth-order valence-corrected chi connectivity index (χ4v) is 66.3. The molecule has 0 unspecified atom stereocenters. The number of hydrogen-bond donors (Lipinski definition) is 0. The Balaban J connectivity index is 0.00000185. The van der Waals surface area contributed by atoms with Gasteiger partial charge in [-0.1, -0.05) is 0 Å². The number of benzene rings is 4. The summed E-state index contributed by atoms with van der Waals surface area (Å²) >= 11 is -4.08. The zero-order chi connectivity index (χ0) is 26.2. The molecular weight excluding hydrogens is 713 g/mol. The Morgan fingerprint density at radius 3 is 1.43 bits per heavy atom. The Hall–Kier alpha value is -0.858. The second-order valence-electron chi connectivity index (χ2n) is 11.6. The first-order valence-electron chi connectivity index (χ1n) is 14.9. The van der Waals surface area contributed by atoms with E-state index in [-0.39, 0.29) is 24.8 Å². The zero-order valence-electron chi connectivity index (χ0n) is 24.4. The maximum atomic E-state index is 2.51. The van der Waals surface area contributed by atoms with Crippen molar-refractivity contribution in [2.75, 3.05) is 0 Å². The van der Waals surface area contributed by atoms with Crippen LogP contribution in [-0.2, 0) is 30.4 Å². The van der Waals surface area contributed by atoms with Gasteiger partial charge in [-0.2, -0.15) is 0 Å². The van der Waals surface area contributed by atoms with Gasteiger partial charge in [-0.05, 0) is 0 Å². The summed E-state index contributed by atoms with van der Waals surface area (Å²) in [4.78, 5) is 0. The molecule has 0 spiro atoms. The van der Waals surface area contributed by atoms with Crippen LogP contribution in [0.4, 0.5) is 0 Å². The summed E-state index contributed by atoms with van der Waals surface area (Å²) in [5.74, 6) is 0. The molecule has 4 aromatic rings. The summed E-state index contributed by atoms with van der Waals surface area (Å²) in [5.41, 5.74) is 15.9. The van der Waals surface area contributed by atoms with Crippen LogP contribution in [0.1, 0.15) is 72.9 Å². The van der Waals surface area contributed by atoms with Crippen molar-refractivity contribution < 1.29 is 42.4 Å². The smallest absolute Gasteiger partial charge is 1.00 e. The van der Waals surface area contributed by atoms with Gasteiger partial charge in [-0.3, -0.25) is 0 Å². The fourth-order valence-electron chi connectivity index (χ4n) is 7.27. The van der Waals surface area contributed by atoms with Gasteiger partial charge in [0.15, 0.2) is 0 Å². The Kier molecular flexibility index (Phi) is 11.3. The van der Waals surface area contributed by atoms with Crippen molar-refractivity contribution in [1.82, 2.24) is 0 Å². The molecule has 0 radical (unpaired) electrons. The third kappa shape index (κ3) is 5.84. The summed E-state index contributed by atoms with van der Waals surface area (Å²) in [5, 5.41) is 0. The Morgan fingerprint density at radius 2 is 1.00 bits per heavy atom. The van der Waals surface area contributed by atoms with Crippen LogP contribution in [0.15, 0.2) is 72.8 Å². The molecule has 0 fully saturated rings.